The van der Waals surface area contributed by atoms with Gasteiger partial charge in [0.25, 0.3) is 0 Å². The zero-order valence-corrected chi connectivity index (χ0v) is 11.1. The Balaban J connectivity index is 1.93. The number of hydrogen-bond donors (Lipinski definition) is 0. The van der Waals surface area contributed by atoms with E-state index < -0.39 is 23.0 Å². The molecule has 0 N–H and O–H groups in total. The van der Waals surface area contributed by atoms with E-state index in [-0.39, 0.29) is 6.42 Å². The van der Waals surface area contributed by atoms with E-state index >= 15 is 0 Å². The van der Waals surface area contributed by atoms with E-state index in [0.717, 1.165) is 28.5 Å². The molecule has 0 spiro atoms. The van der Waals surface area contributed by atoms with E-state index in [4.69, 9.17) is 0 Å². The zero-order chi connectivity index (χ0) is 14.8. The van der Waals surface area contributed by atoms with Gasteiger partial charge in [-0.05, 0) is 28.5 Å². The molecule has 0 saturated carbocycles. The van der Waals surface area contributed by atoms with Crippen LogP contribution in [0.5, 0.6) is 0 Å². The first-order valence-electron chi connectivity index (χ1n) is 6.60. The molecule has 0 heterocycles. The third-order valence-electron chi connectivity index (χ3n) is 3.42. The fraction of sp³-hybridized carbons (Fsp3) is 0.0556. The number of ketones is 1. The molecule has 0 aliphatic rings. The van der Waals surface area contributed by atoms with Crippen LogP contribution in [0.3, 0.4) is 0 Å². The smallest absolute Gasteiger partial charge is 0.173 e. The van der Waals surface area contributed by atoms with E-state index in [1.165, 1.54) is 6.07 Å². The van der Waals surface area contributed by atoms with Crippen molar-refractivity contribution in [2.24, 2.45) is 0 Å². The molecule has 0 aliphatic carbocycles. The van der Waals surface area contributed by atoms with Crippen LogP contribution in [0.4, 0.5) is 8.78 Å². The van der Waals surface area contributed by atoms with Crippen LogP contribution in [0.15, 0.2) is 60.7 Å². The van der Waals surface area contributed by atoms with Gasteiger partial charge in [-0.3, -0.25) is 4.79 Å². The lowest BCUT2D eigenvalue weighted by molar-refractivity contribution is 0.0985. The number of hydrogen-bond acceptors (Lipinski definition) is 1. The monoisotopic (exact) mass is 282 g/mol. The zero-order valence-electron chi connectivity index (χ0n) is 11.1. The summed E-state index contributed by atoms with van der Waals surface area (Å²) in [4.78, 5) is 12.1. The lowest BCUT2D eigenvalue weighted by Crippen LogP contribution is -2.09. The highest BCUT2D eigenvalue weighted by molar-refractivity contribution is 5.98. The van der Waals surface area contributed by atoms with Gasteiger partial charge in [0.2, 0.25) is 0 Å². The third-order valence-corrected chi connectivity index (χ3v) is 3.42. The molecule has 0 saturated heterocycles. The average Bonchev–Trinajstić information content (AvgIpc) is 2.47. The van der Waals surface area contributed by atoms with Crippen molar-refractivity contribution in [3.05, 3.63) is 83.4 Å². The summed E-state index contributed by atoms with van der Waals surface area (Å²) in [6, 6.07) is 16.8. The number of fused-ring (bicyclic) bond motifs is 1. The Hall–Kier alpha value is -2.55. The molecule has 0 fully saturated rings. The van der Waals surface area contributed by atoms with Crippen LogP contribution < -0.4 is 0 Å². The summed E-state index contributed by atoms with van der Waals surface area (Å²) in [6.07, 6.45) is -0.0251. The highest BCUT2D eigenvalue weighted by Crippen LogP contribution is 2.19. The van der Waals surface area contributed by atoms with Crippen molar-refractivity contribution in [3.63, 3.8) is 0 Å². The van der Waals surface area contributed by atoms with Gasteiger partial charge in [-0.25, -0.2) is 8.78 Å². The molecule has 3 aromatic rings. The summed E-state index contributed by atoms with van der Waals surface area (Å²) >= 11 is 0. The largest absolute Gasteiger partial charge is 0.294 e. The predicted molar refractivity (Wildman–Crippen MR) is 78.3 cm³/mol. The van der Waals surface area contributed by atoms with E-state index in [0.29, 0.717) is 0 Å². The Labute approximate surface area is 120 Å². The highest BCUT2D eigenvalue weighted by Gasteiger charge is 2.17. The standard InChI is InChI=1S/C18H12F2O/c19-15-6-3-7-16(20)18(15)17(21)11-12-8-9-13-4-1-2-5-14(13)10-12/h1-10H,11H2. The highest BCUT2D eigenvalue weighted by atomic mass is 19.1. The molecule has 3 heteroatoms. The van der Waals surface area contributed by atoms with Gasteiger partial charge in [-0.1, -0.05) is 48.5 Å². The molecule has 3 aromatic carbocycles. The number of benzene rings is 3. The van der Waals surface area contributed by atoms with Crippen molar-refractivity contribution in [1.82, 2.24) is 0 Å². The Morgan fingerprint density at radius 2 is 1.48 bits per heavy atom. The Morgan fingerprint density at radius 1 is 0.810 bits per heavy atom. The Kier molecular flexibility index (Phi) is 3.48. The summed E-state index contributed by atoms with van der Waals surface area (Å²) in [7, 11) is 0. The second-order valence-electron chi connectivity index (χ2n) is 4.88. The molecule has 3 rings (SSSR count). The van der Waals surface area contributed by atoms with Gasteiger partial charge in [-0.15, -0.1) is 0 Å². The van der Waals surface area contributed by atoms with Crippen molar-refractivity contribution in [1.29, 1.82) is 0 Å². The summed E-state index contributed by atoms with van der Waals surface area (Å²) in [5.74, 6) is -2.19. The normalized spacial score (nSPS) is 10.8. The molecule has 0 bridgehead atoms. The van der Waals surface area contributed by atoms with E-state index in [1.807, 2.05) is 36.4 Å². The van der Waals surface area contributed by atoms with E-state index in [2.05, 4.69) is 0 Å². The average molecular weight is 282 g/mol. The van der Waals surface area contributed by atoms with Crippen LogP contribution in [-0.2, 0) is 6.42 Å². The second kappa shape index (κ2) is 5.44. The number of carbonyl (C=O) groups is 1. The molecule has 0 radical (unpaired) electrons. The minimum Gasteiger partial charge on any atom is -0.294 e. The lowest BCUT2D eigenvalue weighted by atomic mass is 9.99. The number of carbonyl (C=O) groups excluding carboxylic acids is 1. The van der Waals surface area contributed by atoms with Crippen LogP contribution >= 0.6 is 0 Å². The van der Waals surface area contributed by atoms with Crippen molar-refractivity contribution >= 4 is 16.6 Å². The van der Waals surface area contributed by atoms with E-state index in [9.17, 15) is 13.6 Å². The van der Waals surface area contributed by atoms with Crippen LogP contribution in [-0.4, -0.2) is 5.78 Å². The second-order valence-corrected chi connectivity index (χ2v) is 4.88. The fourth-order valence-corrected chi connectivity index (χ4v) is 2.39. The predicted octanol–water partition coefficient (Wildman–Crippen LogP) is 4.54. The topological polar surface area (TPSA) is 17.1 Å². The van der Waals surface area contributed by atoms with Crippen molar-refractivity contribution in [2.45, 2.75) is 6.42 Å². The molecular weight excluding hydrogens is 270 g/mol. The van der Waals surface area contributed by atoms with Crippen LogP contribution in [0.1, 0.15) is 15.9 Å². The van der Waals surface area contributed by atoms with Gasteiger partial charge < -0.3 is 0 Å². The summed E-state index contributed by atoms with van der Waals surface area (Å²) in [6.45, 7) is 0. The Bertz CT molecular complexity index is 804. The molecule has 1 nitrogen and oxygen atoms in total. The minimum atomic E-state index is -0.819. The number of halogens is 2. The molecule has 0 amide bonds. The van der Waals surface area contributed by atoms with Crippen LogP contribution in [0.2, 0.25) is 0 Å². The number of Topliss-reactive ketones (excluding diaryl/α,β-unsaturated/α-hetero) is 1. The van der Waals surface area contributed by atoms with Gasteiger partial charge >= 0.3 is 0 Å². The summed E-state index contributed by atoms with van der Waals surface area (Å²) in [5, 5.41) is 2.06. The molecule has 0 atom stereocenters. The van der Waals surface area contributed by atoms with Crippen LogP contribution in [0.25, 0.3) is 10.8 Å². The molecular formula is C18H12F2O. The van der Waals surface area contributed by atoms with Gasteiger partial charge in [0.1, 0.15) is 11.6 Å². The van der Waals surface area contributed by atoms with Gasteiger partial charge in [-0.2, -0.15) is 0 Å². The maximum atomic E-state index is 13.6. The fourth-order valence-electron chi connectivity index (χ4n) is 2.39. The third kappa shape index (κ3) is 2.68. The van der Waals surface area contributed by atoms with Crippen molar-refractivity contribution < 1.29 is 13.6 Å². The molecule has 0 aromatic heterocycles. The Morgan fingerprint density at radius 3 is 2.19 bits per heavy atom. The maximum absolute atomic E-state index is 13.6. The quantitative estimate of drug-likeness (QED) is 0.644. The van der Waals surface area contributed by atoms with Crippen LogP contribution in [0, 0.1) is 11.6 Å². The molecule has 104 valence electrons. The molecule has 0 unspecified atom stereocenters. The lowest BCUT2D eigenvalue weighted by Gasteiger charge is -2.05. The van der Waals surface area contributed by atoms with Gasteiger partial charge in [0.05, 0.1) is 5.56 Å². The summed E-state index contributed by atoms with van der Waals surface area (Å²) in [5.41, 5.74) is 0.270. The molecule has 21 heavy (non-hydrogen) atoms. The first-order chi connectivity index (χ1) is 10.1. The minimum absolute atomic E-state index is 0.0251. The van der Waals surface area contributed by atoms with E-state index in [1.54, 1.807) is 6.07 Å². The van der Waals surface area contributed by atoms with Crippen molar-refractivity contribution in [3.8, 4) is 0 Å². The van der Waals surface area contributed by atoms with Gasteiger partial charge in [0, 0.05) is 6.42 Å². The SMILES string of the molecule is O=C(Cc1ccc2ccccc2c1)c1c(F)cccc1F. The number of rotatable bonds is 3. The van der Waals surface area contributed by atoms with Crippen molar-refractivity contribution in [2.75, 3.05) is 0 Å². The molecule has 0 aliphatic heterocycles. The summed E-state index contributed by atoms with van der Waals surface area (Å²) < 4.78 is 27.2. The van der Waals surface area contributed by atoms with Gasteiger partial charge in [0.15, 0.2) is 5.78 Å². The first-order valence-corrected chi connectivity index (χ1v) is 6.60. The maximum Gasteiger partial charge on any atom is 0.173 e. The first kappa shape index (κ1) is 13.4.